The van der Waals surface area contributed by atoms with Gasteiger partial charge in [-0.15, -0.1) is 0 Å². The number of hydrogen-bond donors (Lipinski definition) is 0. The van der Waals surface area contributed by atoms with E-state index in [1.807, 2.05) is 19.9 Å². The Morgan fingerprint density at radius 1 is 1.00 bits per heavy atom. The number of methoxy groups -OCH3 is 2. The normalized spacial score (nSPS) is 9.92. The number of ether oxygens (including phenoxy) is 4. The summed E-state index contributed by atoms with van der Waals surface area (Å²) in [4.78, 5) is 5.16. The van der Waals surface area contributed by atoms with E-state index in [0.717, 1.165) is 21.9 Å². The third-order valence-corrected chi connectivity index (χ3v) is 3.69. The van der Waals surface area contributed by atoms with Gasteiger partial charge in [0.25, 0.3) is 0 Å². The van der Waals surface area contributed by atoms with Crippen LogP contribution in [0.4, 0.5) is 0 Å². The average Bonchev–Trinajstić information content (AvgIpc) is 2.60. The molecule has 0 aliphatic rings. The number of rotatable bonds is 12. The SMILES string of the molecule is COc1cc(OCC=C(Br)Br)cc(OC)c1OCCCCON=C(C)C. The first-order chi connectivity index (χ1) is 12.5. The van der Waals surface area contributed by atoms with Gasteiger partial charge in [-0.3, -0.25) is 0 Å². The van der Waals surface area contributed by atoms with E-state index in [-0.39, 0.29) is 0 Å². The summed E-state index contributed by atoms with van der Waals surface area (Å²) in [5, 5.41) is 3.89. The smallest absolute Gasteiger partial charge is 0.203 e. The molecule has 1 aromatic rings. The number of benzene rings is 1. The summed E-state index contributed by atoms with van der Waals surface area (Å²) in [6, 6.07) is 3.55. The van der Waals surface area contributed by atoms with Crippen molar-refractivity contribution < 1.29 is 23.8 Å². The highest BCUT2D eigenvalue weighted by atomic mass is 79.9. The van der Waals surface area contributed by atoms with E-state index in [1.54, 1.807) is 26.4 Å². The summed E-state index contributed by atoms with van der Waals surface area (Å²) in [7, 11) is 3.17. The molecule has 0 unspecified atom stereocenters. The van der Waals surface area contributed by atoms with E-state index in [1.165, 1.54) is 0 Å². The second kappa shape index (κ2) is 12.9. The second-order valence-corrected chi connectivity index (χ2v) is 8.16. The number of unbranched alkanes of at least 4 members (excludes halogenated alkanes) is 1. The zero-order chi connectivity index (χ0) is 19.4. The number of nitrogens with zero attached hydrogens (tertiary/aromatic N) is 1. The van der Waals surface area contributed by atoms with Crippen molar-refractivity contribution in [1.82, 2.24) is 0 Å². The van der Waals surface area contributed by atoms with E-state index >= 15 is 0 Å². The maximum Gasteiger partial charge on any atom is 0.203 e. The Labute approximate surface area is 171 Å². The van der Waals surface area contributed by atoms with Crippen molar-refractivity contribution in [3.63, 3.8) is 0 Å². The lowest BCUT2D eigenvalue weighted by atomic mass is 10.2. The van der Waals surface area contributed by atoms with Crippen molar-refractivity contribution in [2.75, 3.05) is 34.0 Å². The molecule has 1 rings (SSSR count). The van der Waals surface area contributed by atoms with Gasteiger partial charge in [-0.05, 0) is 64.6 Å². The fourth-order valence-electron chi connectivity index (χ4n) is 1.90. The second-order valence-electron chi connectivity index (χ2n) is 5.39. The van der Waals surface area contributed by atoms with Crippen LogP contribution in [0.2, 0.25) is 0 Å². The molecule has 0 atom stereocenters. The maximum atomic E-state index is 5.85. The van der Waals surface area contributed by atoms with E-state index in [0.29, 0.717) is 42.8 Å². The fourth-order valence-corrected chi connectivity index (χ4v) is 2.16. The van der Waals surface area contributed by atoms with Gasteiger partial charge < -0.3 is 23.8 Å². The highest BCUT2D eigenvalue weighted by molar-refractivity contribution is 9.28. The van der Waals surface area contributed by atoms with E-state index < -0.39 is 0 Å². The van der Waals surface area contributed by atoms with E-state index in [9.17, 15) is 0 Å². The first-order valence-electron chi connectivity index (χ1n) is 8.13. The summed E-state index contributed by atoms with van der Waals surface area (Å²) in [6.07, 6.45) is 3.51. The lowest BCUT2D eigenvalue weighted by molar-refractivity contribution is 0.134. The molecular weight excluding hydrogens is 470 g/mol. The molecule has 0 fully saturated rings. The van der Waals surface area contributed by atoms with Crippen molar-refractivity contribution in [3.05, 3.63) is 21.6 Å². The Balaban J connectivity index is 2.63. The summed E-state index contributed by atoms with van der Waals surface area (Å²) >= 11 is 6.57. The number of halogens is 2. The standard InChI is InChI=1S/C18H25Br2NO5/c1-13(2)21-26-9-6-5-8-25-18-15(22-3)11-14(12-16(18)23-4)24-10-7-17(19)20/h7,11-12H,5-6,8-10H2,1-4H3. The van der Waals surface area contributed by atoms with Crippen molar-refractivity contribution in [2.24, 2.45) is 5.16 Å². The minimum absolute atomic E-state index is 0.401. The van der Waals surface area contributed by atoms with Gasteiger partial charge in [0.2, 0.25) is 5.75 Å². The molecule has 146 valence electrons. The molecule has 0 bridgehead atoms. The van der Waals surface area contributed by atoms with Crippen molar-refractivity contribution in [2.45, 2.75) is 26.7 Å². The van der Waals surface area contributed by atoms with E-state index in [2.05, 4.69) is 37.0 Å². The highest BCUT2D eigenvalue weighted by Gasteiger charge is 2.15. The molecule has 0 radical (unpaired) electrons. The minimum Gasteiger partial charge on any atom is -0.493 e. The Morgan fingerprint density at radius 2 is 1.62 bits per heavy atom. The van der Waals surface area contributed by atoms with Crippen LogP contribution in [0, 0.1) is 0 Å². The molecule has 0 amide bonds. The zero-order valence-corrected chi connectivity index (χ0v) is 18.7. The third-order valence-electron chi connectivity index (χ3n) is 3.05. The summed E-state index contributed by atoms with van der Waals surface area (Å²) < 4.78 is 23.2. The molecule has 0 saturated heterocycles. The fraction of sp³-hybridized carbons (Fsp3) is 0.500. The van der Waals surface area contributed by atoms with Crippen LogP contribution in [-0.4, -0.2) is 39.8 Å². The molecule has 0 heterocycles. The predicted octanol–water partition coefficient (Wildman–Crippen LogP) is 5.29. The van der Waals surface area contributed by atoms with E-state index in [4.69, 9.17) is 23.8 Å². The Bertz CT molecular complexity index is 587. The van der Waals surface area contributed by atoms with Crippen LogP contribution in [0.25, 0.3) is 0 Å². The summed E-state index contributed by atoms with van der Waals surface area (Å²) in [5.74, 6) is 2.31. The Hall–Kier alpha value is -1.41. The Morgan fingerprint density at radius 3 is 2.15 bits per heavy atom. The van der Waals surface area contributed by atoms with Gasteiger partial charge in [0.15, 0.2) is 11.5 Å². The topological polar surface area (TPSA) is 58.5 Å². The molecule has 26 heavy (non-hydrogen) atoms. The maximum absolute atomic E-state index is 5.85. The van der Waals surface area contributed by atoms with Gasteiger partial charge in [-0.2, -0.15) is 0 Å². The Kier molecular flexibility index (Phi) is 11.2. The number of hydrogen-bond acceptors (Lipinski definition) is 6. The van der Waals surface area contributed by atoms with Gasteiger partial charge in [-0.1, -0.05) is 5.16 Å². The molecule has 1 aromatic carbocycles. The molecular formula is C18H25Br2NO5. The third kappa shape index (κ3) is 8.80. The summed E-state index contributed by atoms with van der Waals surface area (Å²) in [6.45, 7) is 5.27. The molecule has 0 aliphatic carbocycles. The van der Waals surface area contributed by atoms with Crippen LogP contribution in [-0.2, 0) is 4.84 Å². The van der Waals surface area contributed by atoms with Crippen LogP contribution in [0.15, 0.2) is 26.8 Å². The van der Waals surface area contributed by atoms with Crippen molar-refractivity contribution >= 4 is 37.6 Å². The van der Waals surface area contributed by atoms with Gasteiger partial charge in [-0.25, -0.2) is 0 Å². The lowest BCUT2D eigenvalue weighted by Gasteiger charge is -2.16. The van der Waals surface area contributed by atoms with Crippen molar-refractivity contribution in [3.8, 4) is 23.0 Å². The van der Waals surface area contributed by atoms with Gasteiger partial charge >= 0.3 is 0 Å². The van der Waals surface area contributed by atoms with Crippen LogP contribution in [0.1, 0.15) is 26.7 Å². The minimum atomic E-state index is 0.401. The lowest BCUT2D eigenvalue weighted by Crippen LogP contribution is -2.04. The summed E-state index contributed by atoms with van der Waals surface area (Å²) in [5.41, 5.74) is 0.900. The molecule has 6 nitrogen and oxygen atoms in total. The van der Waals surface area contributed by atoms with Gasteiger partial charge in [0, 0.05) is 12.1 Å². The molecule has 0 N–H and O–H groups in total. The molecule has 0 spiro atoms. The van der Waals surface area contributed by atoms with Gasteiger partial charge in [0.1, 0.15) is 19.0 Å². The van der Waals surface area contributed by atoms with Crippen molar-refractivity contribution in [1.29, 1.82) is 0 Å². The van der Waals surface area contributed by atoms with Crippen LogP contribution < -0.4 is 18.9 Å². The monoisotopic (exact) mass is 493 g/mol. The highest BCUT2D eigenvalue weighted by Crippen LogP contribution is 2.41. The first-order valence-corrected chi connectivity index (χ1v) is 9.72. The molecule has 0 aliphatic heterocycles. The molecule has 8 heteroatoms. The quantitative estimate of drug-likeness (QED) is 0.224. The average molecular weight is 495 g/mol. The molecule has 0 aromatic heterocycles. The number of oxime groups is 1. The van der Waals surface area contributed by atoms with Gasteiger partial charge in [0.05, 0.1) is 29.9 Å². The zero-order valence-electron chi connectivity index (χ0n) is 15.5. The predicted molar refractivity (Wildman–Crippen MR) is 110 cm³/mol. The largest absolute Gasteiger partial charge is 0.493 e. The van der Waals surface area contributed by atoms with Crippen LogP contribution in [0.3, 0.4) is 0 Å². The van der Waals surface area contributed by atoms with Crippen LogP contribution >= 0.6 is 31.9 Å². The molecule has 0 saturated carbocycles. The first kappa shape index (κ1) is 22.6. The van der Waals surface area contributed by atoms with Crippen LogP contribution in [0.5, 0.6) is 23.0 Å².